The Hall–Kier alpha value is -1.33. The van der Waals surface area contributed by atoms with E-state index in [2.05, 4.69) is 30.8 Å². The lowest BCUT2D eigenvalue weighted by atomic mass is 10.1. The fourth-order valence-electron chi connectivity index (χ4n) is 1.97. The highest BCUT2D eigenvalue weighted by Gasteiger charge is 2.11. The average Bonchev–Trinajstić information content (AvgIpc) is 2.68. The lowest BCUT2D eigenvalue weighted by molar-refractivity contribution is 0.0593. The molecule has 0 aliphatic carbocycles. The van der Waals surface area contributed by atoms with Crippen LogP contribution in [0.2, 0.25) is 5.02 Å². The molecule has 8 nitrogen and oxygen atoms in total. The van der Waals surface area contributed by atoms with E-state index in [0.29, 0.717) is 27.5 Å². The van der Waals surface area contributed by atoms with E-state index in [4.69, 9.17) is 66.3 Å². The molecule has 0 heterocycles. The van der Waals surface area contributed by atoms with Gasteiger partial charge in [-0.1, -0.05) is 52.5 Å². The smallest absolute Gasteiger partial charge is 0.340 e. The number of nitrogen functional groups attached to an aromatic ring is 2. The molecule has 0 saturated carbocycles. The maximum absolute atomic E-state index is 11.1. The molecule has 15 heteroatoms. The number of rotatable bonds is 2. The molecule has 0 aromatic heterocycles. The highest BCUT2D eigenvalue weighted by Crippen LogP contribution is 2.23. The minimum absolute atomic E-state index is 0.304. The second-order valence-corrected chi connectivity index (χ2v) is 11.9. The van der Waals surface area contributed by atoms with Gasteiger partial charge in [-0.05, 0) is 49.2 Å². The van der Waals surface area contributed by atoms with Crippen LogP contribution in [0.15, 0.2) is 30.3 Å². The van der Waals surface area contributed by atoms with Crippen LogP contribution < -0.4 is 11.5 Å². The van der Waals surface area contributed by atoms with Gasteiger partial charge in [-0.25, -0.2) is 9.59 Å². The molecule has 0 atom stereocenters. The first-order chi connectivity index (χ1) is 15.4. The van der Waals surface area contributed by atoms with Crippen molar-refractivity contribution < 1.29 is 27.5 Å². The van der Waals surface area contributed by atoms with Crippen molar-refractivity contribution in [3.63, 3.8) is 0 Å². The highest BCUT2D eigenvalue weighted by molar-refractivity contribution is 8.31. The van der Waals surface area contributed by atoms with Gasteiger partial charge in [0.25, 0.3) is 0 Å². The number of nitrogens with two attached hydrogens (primary N) is 2. The van der Waals surface area contributed by atoms with Crippen LogP contribution in [0.5, 0.6) is 0 Å². The molecule has 34 heavy (non-hydrogen) atoms. The van der Waals surface area contributed by atoms with Gasteiger partial charge >= 0.3 is 20.2 Å². The SMILES string of the molecule is COC(=O)c1cc(Cl)c(C)cc1N.COC(=O)c1ccc(C)cc1N.ClC(Cl)Cl.O=S(=O)(Cl)Cl. The van der Waals surface area contributed by atoms with Crippen LogP contribution in [-0.4, -0.2) is 38.9 Å². The molecule has 0 amide bonds. The van der Waals surface area contributed by atoms with Crippen molar-refractivity contribution in [1.29, 1.82) is 0 Å². The summed E-state index contributed by atoms with van der Waals surface area (Å²) in [6.45, 7) is 3.73. The zero-order valence-corrected chi connectivity index (χ0v) is 23.6. The van der Waals surface area contributed by atoms with Gasteiger partial charge in [0.1, 0.15) is 0 Å². The van der Waals surface area contributed by atoms with E-state index in [9.17, 15) is 9.59 Å². The Bertz CT molecular complexity index is 1060. The molecule has 4 N–H and O–H groups in total. The number of alkyl halides is 3. The molecule has 2 rings (SSSR count). The molecule has 0 unspecified atom stereocenters. The summed E-state index contributed by atoms with van der Waals surface area (Å²) in [4.78, 5) is 22.2. The summed E-state index contributed by atoms with van der Waals surface area (Å²) >= 11 is 20.2. The summed E-state index contributed by atoms with van der Waals surface area (Å²) in [7, 11) is 7.45. The average molecular weight is 619 g/mol. The number of carbonyl (C=O) groups is 2. The first-order valence-corrected chi connectivity index (χ1v) is 13.4. The van der Waals surface area contributed by atoms with Gasteiger partial charge in [0, 0.05) is 37.8 Å². The van der Waals surface area contributed by atoms with Crippen molar-refractivity contribution in [2.24, 2.45) is 0 Å². The van der Waals surface area contributed by atoms with Crippen molar-refractivity contribution >= 4 is 99.3 Å². The lowest BCUT2D eigenvalue weighted by Crippen LogP contribution is -2.05. The molecule has 0 radical (unpaired) electrons. The van der Waals surface area contributed by atoms with Gasteiger partial charge in [0.15, 0.2) is 4.30 Å². The quantitative estimate of drug-likeness (QED) is 0.179. The monoisotopic (exact) mass is 616 g/mol. The summed E-state index contributed by atoms with van der Waals surface area (Å²) < 4.78 is 26.6. The number of esters is 2. The third kappa shape index (κ3) is 17.2. The van der Waals surface area contributed by atoms with Gasteiger partial charge < -0.3 is 20.9 Å². The Morgan fingerprint density at radius 2 is 1.24 bits per heavy atom. The largest absolute Gasteiger partial charge is 0.465 e. The van der Waals surface area contributed by atoms with Crippen molar-refractivity contribution in [2.75, 3.05) is 25.7 Å². The molecular formula is C19H22Cl6N2O6S. The molecule has 2 aromatic rings. The Morgan fingerprint density at radius 3 is 1.62 bits per heavy atom. The van der Waals surface area contributed by atoms with Crippen LogP contribution in [0, 0.1) is 13.8 Å². The van der Waals surface area contributed by atoms with Crippen LogP contribution in [-0.2, 0) is 17.7 Å². The second kappa shape index (κ2) is 17.2. The van der Waals surface area contributed by atoms with E-state index in [1.807, 2.05) is 19.9 Å². The number of hydrogen-bond acceptors (Lipinski definition) is 8. The number of hydrogen-bond donors (Lipinski definition) is 2. The predicted octanol–water partition coefficient (Wildman–Crippen LogP) is 6.08. The number of aryl methyl sites for hydroxylation is 2. The van der Waals surface area contributed by atoms with E-state index < -0.39 is 24.5 Å². The zero-order valence-electron chi connectivity index (χ0n) is 18.2. The topological polar surface area (TPSA) is 139 Å². The third-order valence-corrected chi connectivity index (χ3v) is 3.76. The van der Waals surface area contributed by atoms with E-state index in [0.717, 1.165) is 11.1 Å². The number of halogens is 6. The normalized spacial score (nSPS) is 9.85. The molecule has 0 aliphatic rings. The van der Waals surface area contributed by atoms with E-state index in [-0.39, 0.29) is 0 Å². The van der Waals surface area contributed by atoms with Gasteiger partial charge in [-0.3, -0.25) is 0 Å². The van der Waals surface area contributed by atoms with E-state index >= 15 is 0 Å². The van der Waals surface area contributed by atoms with E-state index in [1.165, 1.54) is 20.3 Å². The highest BCUT2D eigenvalue weighted by atomic mass is 36.0. The summed E-state index contributed by atoms with van der Waals surface area (Å²) in [5, 5.41) is 0.509. The molecule has 0 bridgehead atoms. The number of methoxy groups -OCH3 is 2. The third-order valence-electron chi connectivity index (χ3n) is 3.35. The molecule has 0 fully saturated rings. The second-order valence-electron chi connectivity index (χ2n) is 5.89. The van der Waals surface area contributed by atoms with Crippen LogP contribution in [0.3, 0.4) is 0 Å². The molecule has 0 spiro atoms. The van der Waals surface area contributed by atoms with Gasteiger partial charge in [-0.2, -0.15) is 8.42 Å². The van der Waals surface area contributed by atoms with Crippen molar-refractivity contribution in [2.45, 2.75) is 18.1 Å². The summed E-state index contributed by atoms with van der Waals surface area (Å²) in [5.41, 5.74) is 14.6. The van der Waals surface area contributed by atoms with Crippen molar-refractivity contribution in [1.82, 2.24) is 0 Å². The zero-order chi connectivity index (χ0) is 27.2. The van der Waals surface area contributed by atoms with Crippen molar-refractivity contribution in [3.05, 3.63) is 57.6 Å². The summed E-state index contributed by atoms with van der Waals surface area (Å²) in [6.07, 6.45) is 0. The minimum Gasteiger partial charge on any atom is -0.465 e. The fourth-order valence-corrected chi connectivity index (χ4v) is 2.13. The van der Waals surface area contributed by atoms with Crippen LogP contribution >= 0.6 is 67.8 Å². The van der Waals surface area contributed by atoms with Crippen molar-refractivity contribution in [3.8, 4) is 0 Å². The van der Waals surface area contributed by atoms with Gasteiger partial charge in [-0.15, -0.1) is 0 Å². The van der Waals surface area contributed by atoms with Crippen LogP contribution in [0.25, 0.3) is 0 Å². The van der Waals surface area contributed by atoms with Gasteiger partial charge in [0.2, 0.25) is 0 Å². The van der Waals surface area contributed by atoms with Crippen LogP contribution in [0.1, 0.15) is 31.8 Å². The molecule has 192 valence electrons. The Labute approximate surface area is 227 Å². The lowest BCUT2D eigenvalue weighted by Gasteiger charge is -2.05. The maximum atomic E-state index is 11.1. The number of carbonyl (C=O) groups excluding carboxylic acids is 2. The Morgan fingerprint density at radius 1 is 0.853 bits per heavy atom. The molecule has 0 aliphatic heterocycles. The van der Waals surface area contributed by atoms with Gasteiger partial charge in [0.05, 0.1) is 25.3 Å². The van der Waals surface area contributed by atoms with E-state index in [1.54, 1.807) is 18.2 Å². The molecule has 2 aromatic carbocycles. The Kier molecular flexibility index (Phi) is 17.6. The summed E-state index contributed by atoms with van der Waals surface area (Å²) in [6, 6.07) is 8.39. The Balaban J connectivity index is 0. The predicted molar refractivity (Wildman–Crippen MR) is 141 cm³/mol. The summed E-state index contributed by atoms with van der Waals surface area (Å²) in [5.74, 6) is -0.869. The number of ether oxygens (including phenoxy) is 2. The fraction of sp³-hybridized carbons (Fsp3) is 0.263. The first kappa shape index (κ1) is 34.8. The number of benzene rings is 2. The molecular weight excluding hydrogens is 597 g/mol. The van der Waals surface area contributed by atoms with Crippen LogP contribution in [0.4, 0.5) is 11.4 Å². The first-order valence-electron chi connectivity index (χ1n) is 8.59. The molecule has 0 saturated heterocycles. The minimum atomic E-state index is -3.72. The standard InChI is InChI=1S/C9H10ClNO2.C9H11NO2.CHCl3.Cl2O2S/c1-5-3-8(11)6(4-7(5)10)9(12)13-2;1-6-3-4-7(8(10)5-6)9(11)12-2;2-1(3)4;1-5(2,3)4/h3-4H,11H2,1-2H3;3-5H,10H2,1-2H3;1H;. The number of anilines is 2. The maximum Gasteiger partial charge on any atom is 0.340 e.